The molecule has 0 amide bonds. The van der Waals surface area contributed by atoms with Crippen LogP contribution in [0.2, 0.25) is 0 Å². The van der Waals surface area contributed by atoms with E-state index in [9.17, 15) is 0 Å². The Morgan fingerprint density at radius 2 is 1.39 bits per heavy atom. The van der Waals surface area contributed by atoms with E-state index in [1.807, 2.05) is 0 Å². The Bertz CT molecular complexity index is 876. The minimum Gasteiger partial charge on any atom is -0.348 e. The second kappa shape index (κ2) is 8.58. The lowest BCUT2D eigenvalue weighted by atomic mass is 9.89. The van der Waals surface area contributed by atoms with Crippen molar-refractivity contribution in [1.29, 1.82) is 0 Å². The van der Waals surface area contributed by atoms with Crippen molar-refractivity contribution in [3.8, 4) is 0 Å². The van der Waals surface area contributed by atoms with Gasteiger partial charge in [-0.3, -0.25) is 9.97 Å². The molecule has 6 nitrogen and oxygen atoms in total. The summed E-state index contributed by atoms with van der Waals surface area (Å²) in [5.74, 6) is -1.31. The van der Waals surface area contributed by atoms with Crippen molar-refractivity contribution < 1.29 is 18.9 Å². The molecule has 0 unspecified atom stereocenters. The fourth-order valence-electron chi connectivity index (χ4n) is 5.33. The Morgan fingerprint density at radius 1 is 0.806 bits per heavy atom. The van der Waals surface area contributed by atoms with Gasteiger partial charge in [0.25, 0.3) is 0 Å². The number of aryl methyl sites for hydroxylation is 4. The number of nitrogens with zero attached hydrogens (tertiary/aromatic N) is 2. The van der Waals surface area contributed by atoms with Gasteiger partial charge in [-0.1, -0.05) is 12.1 Å². The highest BCUT2D eigenvalue weighted by Gasteiger charge is 2.43. The predicted octanol–water partition coefficient (Wildman–Crippen LogP) is 3.97. The van der Waals surface area contributed by atoms with Crippen LogP contribution < -0.4 is 0 Å². The van der Waals surface area contributed by atoms with Gasteiger partial charge < -0.3 is 18.9 Å². The molecule has 31 heavy (non-hydrogen) atoms. The average Bonchev–Trinajstić information content (AvgIpc) is 3.28. The van der Waals surface area contributed by atoms with E-state index in [0.717, 1.165) is 80.6 Å². The summed E-state index contributed by atoms with van der Waals surface area (Å²) in [6, 6.07) is 8.72. The molecule has 1 saturated heterocycles. The number of aromatic nitrogens is 2. The number of methoxy groups -OCH3 is 2. The van der Waals surface area contributed by atoms with Crippen LogP contribution in [0.4, 0.5) is 0 Å². The Labute approximate surface area is 184 Å². The summed E-state index contributed by atoms with van der Waals surface area (Å²) in [6.07, 6.45) is 8.75. The summed E-state index contributed by atoms with van der Waals surface area (Å²) in [5, 5.41) is 0. The summed E-state index contributed by atoms with van der Waals surface area (Å²) in [4.78, 5) is 9.95. The van der Waals surface area contributed by atoms with E-state index in [0.29, 0.717) is 13.2 Å². The fourth-order valence-corrected chi connectivity index (χ4v) is 5.33. The summed E-state index contributed by atoms with van der Waals surface area (Å²) in [5.41, 5.74) is 6.63. The maximum absolute atomic E-state index is 6.01. The minimum atomic E-state index is -0.709. The van der Waals surface area contributed by atoms with Crippen molar-refractivity contribution in [1.82, 2.24) is 9.97 Å². The third kappa shape index (κ3) is 3.80. The van der Waals surface area contributed by atoms with Gasteiger partial charge in [0.1, 0.15) is 11.4 Å². The molecule has 1 aliphatic heterocycles. The van der Waals surface area contributed by atoms with Crippen molar-refractivity contribution in [3.05, 3.63) is 58.2 Å². The quantitative estimate of drug-likeness (QED) is 0.654. The monoisotopic (exact) mass is 424 g/mol. The van der Waals surface area contributed by atoms with E-state index < -0.39 is 11.6 Å². The van der Waals surface area contributed by atoms with Gasteiger partial charge >= 0.3 is 0 Å². The van der Waals surface area contributed by atoms with E-state index in [4.69, 9.17) is 28.9 Å². The van der Waals surface area contributed by atoms with Gasteiger partial charge in [0.2, 0.25) is 11.6 Å². The molecule has 0 atom stereocenters. The molecule has 1 spiro atoms. The highest BCUT2D eigenvalue weighted by Crippen LogP contribution is 2.41. The van der Waals surface area contributed by atoms with E-state index in [2.05, 4.69) is 24.3 Å². The summed E-state index contributed by atoms with van der Waals surface area (Å²) < 4.78 is 23.6. The predicted molar refractivity (Wildman–Crippen MR) is 116 cm³/mol. The first kappa shape index (κ1) is 21.0. The molecule has 0 bridgehead atoms. The second-order valence-corrected chi connectivity index (χ2v) is 8.79. The number of fused-ring (bicyclic) bond motifs is 3. The lowest BCUT2D eigenvalue weighted by molar-refractivity contribution is -0.226. The van der Waals surface area contributed by atoms with Crippen LogP contribution in [-0.4, -0.2) is 37.4 Å². The number of hydrogen-bond donors (Lipinski definition) is 0. The topological polar surface area (TPSA) is 62.7 Å². The van der Waals surface area contributed by atoms with Gasteiger partial charge in [-0.05, 0) is 68.2 Å². The van der Waals surface area contributed by atoms with E-state index in [1.165, 1.54) is 11.1 Å². The minimum absolute atomic E-state index is 0.604. The first-order chi connectivity index (χ1) is 15.2. The third-order valence-electron chi connectivity index (χ3n) is 6.98. The number of rotatable bonds is 6. The Morgan fingerprint density at radius 3 is 2.03 bits per heavy atom. The van der Waals surface area contributed by atoms with Crippen LogP contribution in [0.1, 0.15) is 66.0 Å². The molecule has 0 aromatic carbocycles. The molecule has 0 N–H and O–H groups in total. The van der Waals surface area contributed by atoms with Gasteiger partial charge in [-0.25, -0.2) is 0 Å². The van der Waals surface area contributed by atoms with Crippen LogP contribution >= 0.6 is 0 Å². The van der Waals surface area contributed by atoms with Crippen molar-refractivity contribution in [2.75, 3.05) is 27.4 Å². The number of pyridine rings is 2. The maximum Gasteiger partial charge on any atom is 0.212 e. The molecule has 166 valence electrons. The summed E-state index contributed by atoms with van der Waals surface area (Å²) in [6.45, 7) is 1.31. The SMILES string of the molecule is COC1(OC)CCCc2ccc(CCCc3ccc4c(n3)C3(CCC4)OCCO3)nc21. The highest BCUT2D eigenvalue weighted by atomic mass is 16.7. The van der Waals surface area contributed by atoms with E-state index in [1.54, 1.807) is 14.2 Å². The molecular formula is C25H32N2O4. The highest BCUT2D eigenvalue weighted by molar-refractivity contribution is 5.31. The Balaban J connectivity index is 1.29. The van der Waals surface area contributed by atoms with Crippen LogP contribution in [0.5, 0.6) is 0 Å². The molecule has 3 aliphatic rings. The summed E-state index contributed by atoms with van der Waals surface area (Å²) in [7, 11) is 3.42. The van der Waals surface area contributed by atoms with Gasteiger partial charge in [-0.2, -0.15) is 0 Å². The van der Waals surface area contributed by atoms with Crippen LogP contribution in [0.25, 0.3) is 0 Å². The molecule has 0 saturated carbocycles. The van der Waals surface area contributed by atoms with Crippen LogP contribution in [0, 0.1) is 0 Å². The molecule has 2 aromatic heterocycles. The summed E-state index contributed by atoms with van der Waals surface area (Å²) >= 11 is 0. The van der Waals surface area contributed by atoms with Gasteiger partial charge in [0.15, 0.2) is 0 Å². The largest absolute Gasteiger partial charge is 0.348 e. The molecule has 5 rings (SSSR count). The van der Waals surface area contributed by atoms with Crippen molar-refractivity contribution in [2.24, 2.45) is 0 Å². The van der Waals surface area contributed by atoms with Gasteiger partial charge in [-0.15, -0.1) is 0 Å². The van der Waals surface area contributed by atoms with Crippen molar-refractivity contribution in [3.63, 3.8) is 0 Å². The molecule has 3 heterocycles. The van der Waals surface area contributed by atoms with Crippen molar-refractivity contribution >= 4 is 0 Å². The normalized spacial score (nSPS) is 21.1. The lowest BCUT2D eigenvalue weighted by Crippen LogP contribution is -2.36. The zero-order valence-corrected chi connectivity index (χ0v) is 18.6. The Hall–Kier alpha value is -1.86. The molecule has 2 aliphatic carbocycles. The molecule has 6 heteroatoms. The zero-order chi connectivity index (χ0) is 21.3. The van der Waals surface area contributed by atoms with Gasteiger partial charge in [0.05, 0.1) is 13.2 Å². The number of ether oxygens (including phenoxy) is 4. The number of hydrogen-bond acceptors (Lipinski definition) is 6. The average molecular weight is 425 g/mol. The lowest BCUT2D eigenvalue weighted by Gasteiger charge is -2.35. The first-order valence-corrected chi connectivity index (χ1v) is 11.5. The maximum atomic E-state index is 6.01. The molecule has 0 radical (unpaired) electrons. The fraction of sp³-hybridized carbons (Fsp3) is 0.600. The smallest absolute Gasteiger partial charge is 0.212 e. The standard InChI is InChI=1S/C25H32N2O4/c1-28-24(29-2)14-4-6-18-10-12-20(26-22(18)24)8-3-9-21-13-11-19-7-5-15-25(23(19)27-21)30-16-17-31-25/h10-13H,3-9,14-17H2,1-2H3. The first-order valence-electron chi connectivity index (χ1n) is 11.5. The van der Waals surface area contributed by atoms with Crippen LogP contribution in [-0.2, 0) is 56.2 Å². The molecular weight excluding hydrogens is 392 g/mol. The third-order valence-corrected chi connectivity index (χ3v) is 6.98. The van der Waals surface area contributed by atoms with Crippen LogP contribution in [0.15, 0.2) is 24.3 Å². The van der Waals surface area contributed by atoms with E-state index >= 15 is 0 Å². The zero-order valence-electron chi connectivity index (χ0n) is 18.6. The Kier molecular flexibility index (Phi) is 5.82. The molecule has 2 aromatic rings. The van der Waals surface area contributed by atoms with E-state index in [-0.39, 0.29) is 0 Å². The van der Waals surface area contributed by atoms with Crippen molar-refractivity contribution in [2.45, 2.75) is 69.4 Å². The van der Waals surface area contributed by atoms with Crippen LogP contribution in [0.3, 0.4) is 0 Å². The molecule has 1 fully saturated rings. The van der Waals surface area contributed by atoms with Gasteiger partial charge in [0, 0.05) is 38.4 Å². The second-order valence-electron chi connectivity index (χ2n) is 8.79.